The van der Waals surface area contributed by atoms with E-state index in [0.29, 0.717) is 39.8 Å². The van der Waals surface area contributed by atoms with Crippen molar-refractivity contribution >= 4 is 40.8 Å². The van der Waals surface area contributed by atoms with E-state index < -0.39 is 0 Å². The van der Waals surface area contributed by atoms with Crippen LogP contribution in [0.25, 0.3) is 23.0 Å². The van der Waals surface area contributed by atoms with Crippen molar-refractivity contribution in [2.45, 2.75) is 12.8 Å². The zero-order chi connectivity index (χ0) is 22.8. The number of benzene rings is 1. The lowest BCUT2D eigenvalue weighted by molar-refractivity contribution is -0.110. The lowest BCUT2D eigenvalue weighted by Gasteiger charge is -2.14. The molecule has 33 heavy (non-hydrogen) atoms. The van der Waals surface area contributed by atoms with E-state index in [9.17, 15) is 9.59 Å². The van der Waals surface area contributed by atoms with Gasteiger partial charge in [-0.2, -0.15) is 0 Å². The van der Waals surface area contributed by atoms with Crippen LogP contribution < -0.4 is 10.6 Å². The van der Waals surface area contributed by atoms with Crippen LogP contribution >= 0.6 is 11.6 Å². The third-order valence-electron chi connectivity index (χ3n) is 5.88. The van der Waals surface area contributed by atoms with Crippen molar-refractivity contribution in [1.82, 2.24) is 15.2 Å². The summed E-state index contributed by atoms with van der Waals surface area (Å²) < 4.78 is 5.94. The van der Waals surface area contributed by atoms with E-state index in [4.69, 9.17) is 16.0 Å². The van der Waals surface area contributed by atoms with Gasteiger partial charge >= 0.3 is 0 Å². The summed E-state index contributed by atoms with van der Waals surface area (Å²) in [5.74, 6) is 0.710. The SMILES string of the molecule is O=C1Nc2ccc(Cl)cc2/C1=C\c1ccc(-c2cncc(C(=O)NCCN3CCCC3)c2)o1. The highest BCUT2D eigenvalue weighted by Gasteiger charge is 2.24. The van der Waals surface area contributed by atoms with Gasteiger partial charge in [0.05, 0.1) is 11.1 Å². The number of rotatable bonds is 6. The number of fused-ring (bicyclic) bond motifs is 1. The summed E-state index contributed by atoms with van der Waals surface area (Å²) in [6, 6.07) is 10.6. The van der Waals surface area contributed by atoms with E-state index in [1.165, 1.54) is 12.8 Å². The third-order valence-corrected chi connectivity index (χ3v) is 6.11. The number of hydrogen-bond acceptors (Lipinski definition) is 5. The smallest absolute Gasteiger partial charge is 0.256 e. The Kier molecular flexibility index (Phi) is 5.98. The molecule has 1 saturated heterocycles. The molecule has 0 unspecified atom stereocenters. The maximum Gasteiger partial charge on any atom is 0.256 e. The molecule has 2 aromatic heterocycles. The van der Waals surface area contributed by atoms with Crippen molar-refractivity contribution < 1.29 is 14.0 Å². The molecule has 1 fully saturated rings. The molecule has 7 nitrogen and oxygen atoms in total. The first-order valence-corrected chi connectivity index (χ1v) is 11.3. The van der Waals surface area contributed by atoms with E-state index in [1.54, 1.807) is 54.9 Å². The largest absolute Gasteiger partial charge is 0.457 e. The molecule has 2 aliphatic heterocycles. The fourth-order valence-corrected chi connectivity index (χ4v) is 4.34. The second-order valence-electron chi connectivity index (χ2n) is 8.17. The molecule has 2 N–H and O–H groups in total. The zero-order valence-electron chi connectivity index (χ0n) is 17.9. The fourth-order valence-electron chi connectivity index (χ4n) is 4.17. The Labute approximate surface area is 196 Å². The Morgan fingerprint density at radius 2 is 2.03 bits per heavy atom. The van der Waals surface area contributed by atoms with Gasteiger partial charge in [-0.1, -0.05) is 11.6 Å². The number of hydrogen-bond donors (Lipinski definition) is 2. The highest BCUT2D eigenvalue weighted by molar-refractivity contribution is 6.36. The van der Waals surface area contributed by atoms with E-state index in [0.717, 1.165) is 30.9 Å². The molecule has 4 heterocycles. The van der Waals surface area contributed by atoms with Gasteiger partial charge in [0.15, 0.2) is 0 Å². The van der Waals surface area contributed by atoms with Crippen LogP contribution in [0.4, 0.5) is 5.69 Å². The second kappa shape index (κ2) is 9.21. The molecule has 1 aromatic carbocycles. The van der Waals surface area contributed by atoms with Crippen molar-refractivity contribution in [1.29, 1.82) is 0 Å². The van der Waals surface area contributed by atoms with Crippen LogP contribution in [-0.2, 0) is 4.79 Å². The summed E-state index contributed by atoms with van der Waals surface area (Å²) in [5, 5.41) is 6.34. The molecular weight excluding hydrogens is 440 g/mol. The minimum Gasteiger partial charge on any atom is -0.457 e. The lowest BCUT2D eigenvalue weighted by Crippen LogP contribution is -2.33. The van der Waals surface area contributed by atoms with Crippen molar-refractivity contribution in [3.8, 4) is 11.3 Å². The average Bonchev–Trinajstić information content (AvgIpc) is 3.56. The molecule has 0 aliphatic carbocycles. The summed E-state index contributed by atoms with van der Waals surface area (Å²) in [6.45, 7) is 3.67. The predicted octanol–water partition coefficient (Wildman–Crippen LogP) is 4.31. The molecule has 0 bridgehead atoms. The van der Waals surface area contributed by atoms with Gasteiger partial charge in [-0.05, 0) is 68.4 Å². The van der Waals surface area contributed by atoms with E-state index >= 15 is 0 Å². The highest BCUT2D eigenvalue weighted by atomic mass is 35.5. The summed E-state index contributed by atoms with van der Waals surface area (Å²) in [6.07, 6.45) is 7.33. The monoisotopic (exact) mass is 462 g/mol. The number of nitrogens with zero attached hydrogens (tertiary/aromatic N) is 2. The normalized spacial score (nSPS) is 16.8. The van der Waals surface area contributed by atoms with Gasteiger partial charge in [0.2, 0.25) is 0 Å². The minimum atomic E-state index is -0.209. The number of halogens is 1. The zero-order valence-corrected chi connectivity index (χ0v) is 18.7. The molecule has 2 aliphatic rings. The molecule has 168 valence electrons. The molecule has 0 radical (unpaired) electrons. The first-order valence-electron chi connectivity index (χ1n) is 11.0. The molecular formula is C25H23ClN4O3. The predicted molar refractivity (Wildman–Crippen MR) is 128 cm³/mol. The Hall–Kier alpha value is -3.42. The maximum absolute atomic E-state index is 12.6. The highest BCUT2D eigenvalue weighted by Crippen LogP contribution is 2.35. The topological polar surface area (TPSA) is 87.5 Å². The number of nitrogens with one attached hydrogen (secondary N) is 2. The minimum absolute atomic E-state index is 0.159. The van der Waals surface area contributed by atoms with Gasteiger partial charge in [-0.25, -0.2) is 0 Å². The van der Waals surface area contributed by atoms with Crippen LogP contribution in [0.5, 0.6) is 0 Å². The van der Waals surface area contributed by atoms with Crippen molar-refractivity contribution in [3.63, 3.8) is 0 Å². The number of amides is 2. The molecule has 3 aromatic rings. The van der Waals surface area contributed by atoms with Crippen molar-refractivity contribution in [2.75, 3.05) is 31.5 Å². The molecule has 0 saturated carbocycles. The van der Waals surface area contributed by atoms with Gasteiger partial charge in [0.25, 0.3) is 11.8 Å². The number of pyridine rings is 1. The summed E-state index contributed by atoms with van der Waals surface area (Å²) in [4.78, 5) is 31.5. The van der Waals surface area contributed by atoms with E-state index in [2.05, 4.69) is 20.5 Å². The molecule has 2 amide bonds. The number of furan rings is 1. The van der Waals surface area contributed by atoms with Crippen LogP contribution in [0.15, 0.2) is 53.2 Å². The van der Waals surface area contributed by atoms with Gasteiger partial charge in [0, 0.05) is 47.3 Å². The number of carbonyl (C=O) groups excluding carboxylic acids is 2. The number of anilines is 1. The van der Waals surface area contributed by atoms with Crippen LogP contribution in [0.2, 0.25) is 5.02 Å². The first kappa shape index (κ1) is 21.4. The first-order chi connectivity index (χ1) is 16.1. The van der Waals surface area contributed by atoms with Gasteiger partial charge in [0.1, 0.15) is 11.5 Å². The van der Waals surface area contributed by atoms with E-state index in [1.807, 2.05) is 0 Å². The Morgan fingerprint density at radius 1 is 1.18 bits per heavy atom. The number of likely N-dealkylation sites (tertiary alicyclic amines) is 1. The quantitative estimate of drug-likeness (QED) is 0.533. The lowest BCUT2D eigenvalue weighted by atomic mass is 10.1. The standard InChI is InChI=1S/C25H23ClN4O3/c26-18-3-5-22-20(12-18)21(25(32)29-22)13-19-4-6-23(33-19)16-11-17(15-27-14-16)24(31)28-7-10-30-8-1-2-9-30/h3-6,11-15H,1-2,7-10H2,(H,28,31)(H,29,32)/b21-13+. The average molecular weight is 463 g/mol. The molecule has 0 atom stereocenters. The third kappa shape index (κ3) is 4.69. The molecule has 5 rings (SSSR count). The van der Waals surface area contributed by atoms with Crippen molar-refractivity contribution in [2.24, 2.45) is 0 Å². The number of aromatic nitrogens is 1. The van der Waals surface area contributed by atoms with E-state index in [-0.39, 0.29) is 11.8 Å². The number of carbonyl (C=O) groups is 2. The second-order valence-corrected chi connectivity index (χ2v) is 8.61. The van der Waals surface area contributed by atoms with Gasteiger partial charge in [-0.3, -0.25) is 14.6 Å². The maximum atomic E-state index is 12.6. The Bertz CT molecular complexity index is 1240. The Morgan fingerprint density at radius 3 is 2.88 bits per heavy atom. The van der Waals surface area contributed by atoms with Crippen molar-refractivity contribution in [3.05, 3.63) is 70.7 Å². The molecule has 0 spiro atoms. The Balaban J connectivity index is 1.30. The van der Waals surface area contributed by atoms with Crippen LogP contribution in [0, 0.1) is 0 Å². The van der Waals surface area contributed by atoms with Crippen LogP contribution in [0.3, 0.4) is 0 Å². The van der Waals surface area contributed by atoms with Gasteiger partial charge in [-0.15, -0.1) is 0 Å². The molecule has 8 heteroatoms. The summed E-state index contributed by atoms with van der Waals surface area (Å²) in [5.41, 5.74) is 3.10. The summed E-state index contributed by atoms with van der Waals surface area (Å²) >= 11 is 6.10. The van der Waals surface area contributed by atoms with Gasteiger partial charge < -0.3 is 20.0 Å². The fraction of sp³-hybridized carbons (Fsp3) is 0.240. The summed E-state index contributed by atoms with van der Waals surface area (Å²) in [7, 11) is 0. The van der Waals surface area contributed by atoms with Crippen LogP contribution in [-0.4, -0.2) is 47.9 Å². The van der Waals surface area contributed by atoms with Crippen LogP contribution in [0.1, 0.15) is 34.5 Å².